The largest absolute Gasteiger partial charge is 0.490 e. The van der Waals surface area contributed by atoms with Crippen molar-refractivity contribution in [1.29, 1.82) is 0 Å². The highest BCUT2D eigenvalue weighted by Gasteiger charge is 2.35. The van der Waals surface area contributed by atoms with Gasteiger partial charge in [-0.25, -0.2) is 0 Å². The molecule has 0 radical (unpaired) electrons. The molecule has 0 aliphatic carbocycles. The molecule has 30 heavy (non-hydrogen) atoms. The third-order valence-electron chi connectivity index (χ3n) is 4.17. The Hall–Kier alpha value is -1.67. The molecule has 2 aromatic carbocycles. The molecule has 3 rings (SSSR count). The average molecular weight is 531 g/mol. The number of carbonyl (C=O) groups excluding carboxylic acids is 2. The summed E-state index contributed by atoms with van der Waals surface area (Å²) in [6.07, 6.45) is 1.65. The third kappa shape index (κ3) is 4.97. The van der Waals surface area contributed by atoms with Crippen LogP contribution in [0.25, 0.3) is 6.08 Å². The van der Waals surface area contributed by atoms with E-state index in [2.05, 4.69) is 15.9 Å². The van der Waals surface area contributed by atoms with E-state index < -0.39 is 5.91 Å². The molecular formula is C21H18BrCl2NO4S. The second kappa shape index (κ2) is 10.1. The zero-order chi connectivity index (χ0) is 21.8. The van der Waals surface area contributed by atoms with Gasteiger partial charge in [-0.05, 0) is 77.4 Å². The van der Waals surface area contributed by atoms with Crippen molar-refractivity contribution in [3.05, 3.63) is 60.9 Å². The molecule has 1 fully saturated rings. The molecule has 0 atom stereocenters. The molecule has 1 aliphatic heterocycles. The summed E-state index contributed by atoms with van der Waals surface area (Å²) >= 11 is 16.7. The first kappa shape index (κ1) is 23.0. The maximum absolute atomic E-state index is 12.9. The summed E-state index contributed by atoms with van der Waals surface area (Å²) in [5, 5.41) is 0.432. The first-order chi connectivity index (χ1) is 14.3. The van der Waals surface area contributed by atoms with Crippen molar-refractivity contribution in [2.24, 2.45) is 0 Å². The molecule has 5 nitrogen and oxygen atoms in total. The molecule has 2 aromatic rings. The molecule has 1 heterocycles. The van der Waals surface area contributed by atoms with Crippen molar-refractivity contribution in [2.75, 3.05) is 13.2 Å². The number of halogens is 3. The van der Waals surface area contributed by atoms with Gasteiger partial charge in [0.15, 0.2) is 11.5 Å². The van der Waals surface area contributed by atoms with Gasteiger partial charge in [-0.15, -0.1) is 0 Å². The van der Waals surface area contributed by atoms with Gasteiger partial charge >= 0.3 is 0 Å². The summed E-state index contributed by atoms with van der Waals surface area (Å²) < 4.78 is 12.0. The molecule has 1 saturated heterocycles. The number of thioether (sulfide) groups is 1. The van der Waals surface area contributed by atoms with Crippen molar-refractivity contribution in [1.82, 2.24) is 4.90 Å². The minimum atomic E-state index is -0.399. The summed E-state index contributed by atoms with van der Waals surface area (Å²) in [5.74, 6) is 0.754. The fourth-order valence-corrected chi connectivity index (χ4v) is 4.78. The lowest BCUT2D eigenvalue weighted by molar-refractivity contribution is -0.123. The van der Waals surface area contributed by atoms with Gasteiger partial charge in [0.25, 0.3) is 11.1 Å². The maximum atomic E-state index is 12.9. The Morgan fingerprint density at radius 3 is 2.40 bits per heavy atom. The Bertz CT molecular complexity index is 1010. The van der Waals surface area contributed by atoms with E-state index in [-0.39, 0.29) is 11.8 Å². The summed E-state index contributed by atoms with van der Waals surface area (Å²) in [6.45, 7) is 4.73. The van der Waals surface area contributed by atoms with Crippen LogP contribution in [0.15, 0.2) is 39.7 Å². The smallest absolute Gasteiger partial charge is 0.293 e. The van der Waals surface area contributed by atoms with E-state index in [1.165, 1.54) is 0 Å². The van der Waals surface area contributed by atoms with Gasteiger partial charge in [-0.2, -0.15) is 0 Å². The molecule has 0 N–H and O–H groups in total. The minimum Gasteiger partial charge on any atom is -0.490 e. The SMILES string of the molecule is CCOc1cc(/C=C2\SC(=O)N(Cc3c(Cl)cccc3Cl)C2=O)cc(Br)c1OCC. The van der Waals surface area contributed by atoms with Crippen molar-refractivity contribution >= 4 is 68.1 Å². The number of hydrogen-bond acceptors (Lipinski definition) is 5. The Morgan fingerprint density at radius 1 is 1.10 bits per heavy atom. The van der Waals surface area contributed by atoms with E-state index in [1.807, 2.05) is 19.9 Å². The lowest BCUT2D eigenvalue weighted by Gasteiger charge is -2.15. The standard InChI is InChI=1S/C21H18BrCl2NO4S/c1-3-28-17-9-12(8-14(22)19(17)29-4-2)10-18-20(26)25(21(27)30-18)11-13-15(23)6-5-7-16(13)24/h5-10H,3-4,11H2,1-2H3/b18-10-. The molecule has 2 amide bonds. The summed E-state index contributed by atoms with van der Waals surface area (Å²) in [6, 6.07) is 8.64. The van der Waals surface area contributed by atoms with Gasteiger partial charge in [0.2, 0.25) is 0 Å². The van der Waals surface area contributed by atoms with Crippen LogP contribution in [0.5, 0.6) is 11.5 Å². The predicted octanol–water partition coefficient (Wildman–Crippen LogP) is 6.79. The number of nitrogens with zero attached hydrogens (tertiary/aromatic N) is 1. The van der Waals surface area contributed by atoms with Gasteiger partial charge in [-0.1, -0.05) is 29.3 Å². The summed E-state index contributed by atoms with van der Waals surface area (Å²) in [4.78, 5) is 26.8. The van der Waals surface area contributed by atoms with Crippen LogP contribution in [0.1, 0.15) is 25.0 Å². The first-order valence-electron chi connectivity index (χ1n) is 9.13. The van der Waals surface area contributed by atoms with E-state index in [0.717, 1.165) is 16.7 Å². The van der Waals surface area contributed by atoms with Crippen LogP contribution in [0.3, 0.4) is 0 Å². The van der Waals surface area contributed by atoms with E-state index in [1.54, 1.807) is 30.3 Å². The molecule has 0 unspecified atom stereocenters. The molecule has 0 spiro atoms. The van der Waals surface area contributed by atoms with Gasteiger partial charge in [0.1, 0.15) is 0 Å². The van der Waals surface area contributed by atoms with Crippen molar-refractivity contribution in [3.8, 4) is 11.5 Å². The molecule has 1 aliphatic rings. The Morgan fingerprint density at radius 2 is 1.77 bits per heavy atom. The Kier molecular flexibility index (Phi) is 7.74. The molecule has 0 bridgehead atoms. The van der Waals surface area contributed by atoms with Crippen LogP contribution in [-0.2, 0) is 11.3 Å². The van der Waals surface area contributed by atoms with E-state index in [9.17, 15) is 9.59 Å². The van der Waals surface area contributed by atoms with E-state index in [0.29, 0.717) is 55.3 Å². The lowest BCUT2D eigenvalue weighted by atomic mass is 10.1. The number of carbonyl (C=O) groups is 2. The zero-order valence-corrected chi connectivity index (χ0v) is 20.1. The number of hydrogen-bond donors (Lipinski definition) is 0. The fraction of sp³-hybridized carbons (Fsp3) is 0.238. The first-order valence-corrected chi connectivity index (χ1v) is 11.5. The number of amides is 2. The van der Waals surface area contributed by atoms with Crippen LogP contribution in [0.4, 0.5) is 4.79 Å². The van der Waals surface area contributed by atoms with E-state index in [4.69, 9.17) is 32.7 Å². The monoisotopic (exact) mass is 529 g/mol. The number of rotatable bonds is 7. The third-order valence-corrected chi connectivity index (χ3v) is 6.37. The second-order valence-electron chi connectivity index (χ2n) is 6.16. The number of ether oxygens (including phenoxy) is 2. The highest BCUT2D eigenvalue weighted by Crippen LogP contribution is 2.40. The normalized spacial score (nSPS) is 15.2. The van der Waals surface area contributed by atoms with Crippen LogP contribution in [0, 0.1) is 0 Å². The average Bonchev–Trinajstić information content (AvgIpc) is 2.94. The molecule has 9 heteroatoms. The Balaban J connectivity index is 1.90. The van der Waals surface area contributed by atoms with Crippen LogP contribution < -0.4 is 9.47 Å². The highest BCUT2D eigenvalue weighted by atomic mass is 79.9. The number of benzene rings is 2. The Labute approximate surface area is 197 Å². The minimum absolute atomic E-state index is 0.0116. The fourth-order valence-electron chi connectivity index (χ4n) is 2.85. The van der Waals surface area contributed by atoms with E-state index >= 15 is 0 Å². The predicted molar refractivity (Wildman–Crippen MR) is 124 cm³/mol. The van der Waals surface area contributed by atoms with Gasteiger partial charge in [0, 0.05) is 15.6 Å². The molecule has 0 saturated carbocycles. The maximum Gasteiger partial charge on any atom is 0.293 e. The van der Waals surface area contributed by atoms with Crippen LogP contribution >= 0.6 is 50.9 Å². The van der Waals surface area contributed by atoms with Gasteiger partial charge in [0.05, 0.1) is 29.1 Å². The summed E-state index contributed by atoms with van der Waals surface area (Å²) in [5.41, 5.74) is 1.24. The van der Waals surface area contributed by atoms with Crippen LogP contribution in [-0.4, -0.2) is 29.3 Å². The molecule has 0 aromatic heterocycles. The van der Waals surface area contributed by atoms with Crippen molar-refractivity contribution in [2.45, 2.75) is 20.4 Å². The number of imide groups is 1. The van der Waals surface area contributed by atoms with Crippen molar-refractivity contribution < 1.29 is 19.1 Å². The zero-order valence-electron chi connectivity index (χ0n) is 16.2. The van der Waals surface area contributed by atoms with Crippen LogP contribution in [0.2, 0.25) is 10.0 Å². The highest BCUT2D eigenvalue weighted by molar-refractivity contribution is 9.10. The molecular weight excluding hydrogens is 513 g/mol. The van der Waals surface area contributed by atoms with Gasteiger partial charge in [-0.3, -0.25) is 14.5 Å². The second-order valence-corrected chi connectivity index (χ2v) is 8.83. The summed E-state index contributed by atoms with van der Waals surface area (Å²) in [7, 11) is 0. The lowest BCUT2D eigenvalue weighted by Crippen LogP contribution is -2.27. The quantitative estimate of drug-likeness (QED) is 0.369. The van der Waals surface area contributed by atoms with Crippen molar-refractivity contribution in [3.63, 3.8) is 0 Å². The topological polar surface area (TPSA) is 55.8 Å². The van der Waals surface area contributed by atoms with Gasteiger partial charge < -0.3 is 9.47 Å². The molecule has 158 valence electrons.